The first-order valence-corrected chi connectivity index (χ1v) is 7.82. The SMILES string of the molecule is CCCN1CCC(NC(=O)C2(C(N)=S)CCC2)CC1. The van der Waals surface area contributed by atoms with Crippen molar-refractivity contribution in [1.82, 2.24) is 10.2 Å². The molecular weight excluding hydrogens is 258 g/mol. The molecule has 2 fully saturated rings. The van der Waals surface area contributed by atoms with Crippen LogP contribution in [0.4, 0.5) is 0 Å². The summed E-state index contributed by atoms with van der Waals surface area (Å²) >= 11 is 5.09. The van der Waals surface area contributed by atoms with Gasteiger partial charge in [-0.2, -0.15) is 0 Å². The summed E-state index contributed by atoms with van der Waals surface area (Å²) in [6, 6.07) is 0.299. The highest BCUT2D eigenvalue weighted by molar-refractivity contribution is 7.80. The van der Waals surface area contributed by atoms with Crippen LogP contribution in [0.25, 0.3) is 0 Å². The maximum atomic E-state index is 12.4. The summed E-state index contributed by atoms with van der Waals surface area (Å²) in [6.45, 7) is 5.53. The Morgan fingerprint density at radius 1 is 1.42 bits per heavy atom. The van der Waals surface area contributed by atoms with Crippen molar-refractivity contribution < 1.29 is 4.79 Å². The van der Waals surface area contributed by atoms with Gasteiger partial charge in [0.25, 0.3) is 0 Å². The number of hydrogen-bond donors (Lipinski definition) is 2. The molecule has 19 heavy (non-hydrogen) atoms. The number of nitrogens with two attached hydrogens (primary N) is 1. The van der Waals surface area contributed by atoms with Crippen molar-refractivity contribution in [2.45, 2.75) is 51.5 Å². The molecule has 0 bridgehead atoms. The monoisotopic (exact) mass is 283 g/mol. The zero-order valence-corrected chi connectivity index (χ0v) is 12.6. The maximum absolute atomic E-state index is 12.4. The average Bonchev–Trinajstić information content (AvgIpc) is 2.30. The fraction of sp³-hybridized carbons (Fsp3) is 0.857. The van der Waals surface area contributed by atoms with Gasteiger partial charge in [-0.3, -0.25) is 4.79 Å². The highest BCUT2D eigenvalue weighted by Gasteiger charge is 2.47. The Labute approximate surface area is 121 Å². The molecule has 0 atom stereocenters. The van der Waals surface area contributed by atoms with Gasteiger partial charge in [-0.25, -0.2) is 0 Å². The molecule has 2 rings (SSSR count). The van der Waals surface area contributed by atoms with Crippen LogP contribution < -0.4 is 11.1 Å². The molecular formula is C14H25N3OS. The van der Waals surface area contributed by atoms with E-state index in [9.17, 15) is 4.79 Å². The smallest absolute Gasteiger partial charge is 0.233 e. The van der Waals surface area contributed by atoms with Crippen LogP contribution in [0.15, 0.2) is 0 Å². The first-order chi connectivity index (χ1) is 9.08. The van der Waals surface area contributed by atoms with Crippen LogP contribution in [0, 0.1) is 5.41 Å². The Kier molecular flexibility index (Phi) is 4.79. The van der Waals surface area contributed by atoms with Gasteiger partial charge in [0.1, 0.15) is 0 Å². The third-order valence-electron chi connectivity index (χ3n) is 4.58. The molecule has 4 nitrogen and oxygen atoms in total. The van der Waals surface area contributed by atoms with Crippen LogP contribution in [0.3, 0.4) is 0 Å². The molecule has 0 unspecified atom stereocenters. The highest BCUT2D eigenvalue weighted by Crippen LogP contribution is 2.41. The Balaban J connectivity index is 1.82. The average molecular weight is 283 g/mol. The highest BCUT2D eigenvalue weighted by atomic mass is 32.1. The normalized spacial score (nSPS) is 23.6. The molecule has 0 aromatic rings. The standard InChI is InChI=1S/C14H25N3OS/c1-2-8-17-9-4-11(5-10-17)16-13(18)14(12(15)19)6-3-7-14/h11H,2-10H2,1H3,(H2,15,19)(H,16,18). The van der Waals surface area contributed by atoms with Crippen LogP contribution in [-0.4, -0.2) is 41.5 Å². The second kappa shape index (κ2) is 6.18. The summed E-state index contributed by atoms with van der Waals surface area (Å²) in [6.07, 6.45) is 5.98. The van der Waals surface area contributed by atoms with E-state index in [1.165, 1.54) is 6.42 Å². The zero-order valence-electron chi connectivity index (χ0n) is 11.8. The second-order valence-corrected chi connectivity index (χ2v) is 6.33. The lowest BCUT2D eigenvalue weighted by molar-refractivity contribution is -0.131. The van der Waals surface area contributed by atoms with Crippen molar-refractivity contribution in [3.63, 3.8) is 0 Å². The van der Waals surface area contributed by atoms with E-state index in [-0.39, 0.29) is 5.91 Å². The minimum atomic E-state index is -0.532. The Bertz CT molecular complexity index is 347. The molecule has 1 amide bonds. The van der Waals surface area contributed by atoms with Crippen LogP contribution in [0.1, 0.15) is 45.4 Å². The number of rotatable bonds is 5. The predicted octanol–water partition coefficient (Wildman–Crippen LogP) is 1.43. The van der Waals surface area contributed by atoms with Crippen molar-refractivity contribution in [3.05, 3.63) is 0 Å². The third kappa shape index (κ3) is 3.08. The summed E-state index contributed by atoms with van der Waals surface area (Å²) in [4.78, 5) is 15.2. The fourth-order valence-electron chi connectivity index (χ4n) is 3.06. The second-order valence-electron chi connectivity index (χ2n) is 5.89. The number of thiocarbonyl (C=S) groups is 1. The molecule has 0 spiro atoms. The summed E-state index contributed by atoms with van der Waals surface area (Å²) in [5.41, 5.74) is 5.23. The molecule has 0 aromatic carbocycles. The zero-order chi connectivity index (χ0) is 13.9. The minimum absolute atomic E-state index is 0.0696. The van der Waals surface area contributed by atoms with Gasteiger partial charge in [0.05, 0.1) is 10.4 Å². The first-order valence-electron chi connectivity index (χ1n) is 7.41. The number of nitrogens with zero attached hydrogens (tertiary/aromatic N) is 1. The lowest BCUT2D eigenvalue weighted by Gasteiger charge is -2.41. The van der Waals surface area contributed by atoms with Crippen LogP contribution >= 0.6 is 12.2 Å². The van der Waals surface area contributed by atoms with Gasteiger partial charge >= 0.3 is 0 Å². The van der Waals surface area contributed by atoms with Gasteiger partial charge in [0.2, 0.25) is 5.91 Å². The van der Waals surface area contributed by atoms with E-state index in [1.54, 1.807) is 0 Å². The number of carbonyl (C=O) groups is 1. The molecule has 1 aliphatic heterocycles. The molecule has 108 valence electrons. The number of amides is 1. The molecule has 1 saturated carbocycles. The Hall–Kier alpha value is -0.680. The number of hydrogen-bond acceptors (Lipinski definition) is 3. The Morgan fingerprint density at radius 2 is 2.05 bits per heavy atom. The number of nitrogens with one attached hydrogen (secondary N) is 1. The molecule has 1 aliphatic carbocycles. The molecule has 3 N–H and O–H groups in total. The minimum Gasteiger partial charge on any atom is -0.392 e. The van der Waals surface area contributed by atoms with Gasteiger partial charge < -0.3 is 16.0 Å². The summed E-state index contributed by atoms with van der Waals surface area (Å²) in [5, 5.41) is 3.17. The lowest BCUT2D eigenvalue weighted by atomic mass is 9.68. The van der Waals surface area contributed by atoms with Crippen molar-refractivity contribution >= 4 is 23.1 Å². The van der Waals surface area contributed by atoms with Crippen LogP contribution in [-0.2, 0) is 4.79 Å². The molecule has 1 saturated heterocycles. The largest absolute Gasteiger partial charge is 0.392 e. The Morgan fingerprint density at radius 3 is 2.47 bits per heavy atom. The summed E-state index contributed by atoms with van der Waals surface area (Å²) in [7, 11) is 0. The maximum Gasteiger partial charge on any atom is 0.233 e. The number of likely N-dealkylation sites (tertiary alicyclic amines) is 1. The quantitative estimate of drug-likeness (QED) is 0.750. The number of piperidine rings is 1. The molecule has 1 heterocycles. The van der Waals surface area contributed by atoms with Crippen LogP contribution in [0.5, 0.6) is 0 Å². The molecule has 2 aliphatic rings. The van der Waals surface area contributed by atoms with E-state index < -0.39 is 5.41 Å². The van der Waals surface area contributed by atoms with Crippen molar-refractivity contribution in [2.24, 2.45) is 11.1 Å². The topological polar surface area (TPSA) is 58.4 Å². The van der Waals surface area contributed by atoms with Gasteiger partial charge in [-0.1, -0.05) is 25.6 Å². The van der Waals surface area contributed by atoms with Crippen molar-refractivity contribution in [2.75, 3.05) is 19.6 Å². The third-order valence-corrected chi connectivity index (χ3v) is 4.97. The van der Waals surface area contributed by atoms with Crippen molar-refractivity contribution in [3.8, 4) is 0 Å². The predicted molar refractivity (Wildman–Crippen MR) is 81.0 cm³/mol. The fourth-order valence-corrected chi connectivity index (χ4v) is 3.35. The van der Waals surface area contributed by atoms with E-state index in [0.29, 0.717) is 11.0 Å². The van der Waals surface area contributed by atoms with E-state index in [1.807, 2.05) is 0 Å². The number of carbonyl (C=O) groups excluding carboxylic acids is 1. The van der Waals surface area contributed by atoms with Gasteiger partial charge in [0.15, 0.2) is 0 Å². The van der Waals surface area contributed by atoms with E-state index in [4.69, 9.17) is 18.0 Å². The summed E-state index contributed by atoms with van der Waals surface area (Å²) < 4.78 is 0. The first kappa shape index (κ1) is 14.7. The van der Waals surface area contributed by atoms with Crippen molar-refractivity contribution in [1.29, 1.82) is 0 Å². The van der Waals surface area contributed by atoms with Crippen LogP contribution in [0.2, 0.25) is 0 Å². The van der Waals surface area contributed by atoms with E-state index >= 15 is 0 Å². The molecule has 5 heteroatoms. The lowest BCUT2D eigenvalue weighted by Crippen LogP contribution is -2.56. The van der Waals surface area contributed by atoms with Gasteiger partial charge in [-0.05, 0) is 38.6 Å². The van der Waals surface area contributed by atoms with E-state index in [2.05, 4.69) is 17.1 Å². The molecule has 0 aromatic heterocycles. The van der Waals surface area contributed by atoms with Gasteiger partial charge in [-0.15, -0.1) is 0 Å². The molecule has 0 radical (unpaired) electrons. The van der Waals surface area contributed by atoms with E-state index in [0.717, 1.165) is 51.7 Å². The van der Waals surface area contributed by atoms with Gasteiger partial charge in [0, 0.05) is 19.1 Å². The summed E-state index contributed by atoms with van der Waals surface area (Å²) in [5.74, 6) is 0.0696.